The van der Waals surface area contributed by atoms with E-state index in [1.165, 1.54) is 0 Å². The van der Waals surface area contributed by atoms with E-state index in [0.29, 0.717) is 6.54 Å². The number of hydrogen-bond acceptors (Lipinski definition) is 3. The second-order valence-electron chi connectivity index (χ2n) is 2.17. The Labute approximate surface area is 48.4 Å². The van der Waals surface area contributed by atoms with Crippen molar-refractivity contribution in [1.29, 1.82) is 0 Å². The first-order valence-electron chi connectivity index (χ1n) is 2.93. The summed E-state index contributed by atoms with van der Waals surface area (Å²) in [6, 6.07) is 0. The molecule has 0 bridgehead atoms. The van der Waals surface area contributed by atoms with Crippen LogP contribution in [0.1, 0.15) is 6.42 Å². The summed E-state index contributed by atoms with van der Waals surface area (Å²) in [4.78, 5) is 9.58. The van der Waals surface area contributed by atoms with Gasteiger partial charge >= 0.3 is 0 Å². The number of nitrogens with zero attached hydrogens (tertiary/aromatic N) is 1. The first-order chi connectivity index (χ1) is 3.93. The number of nitroso groups, excluding NO2 is 1. The Morgan fingerprint density at radius 3 is 2.75 bits per heavy atom. The summed E-state index contributed by atoms with van der Waals surface area (Å²) >= 11 is 0. The average molecular weight is 114 g/mol. The lowest BCUT2D eigenvalue weighted by Gasteiger charge is -2.25. The highest BCUT2D eigenvalue weighted by molar-refractivity contribution is 4.74. The van der Waals surface area contributed by atoms with Gasteiger partial charge in [-0.25, -0.2) is 0 Å². The minimum Gasteiger partial charge on any atom is -0.316 e. The third-order valence-corrected chi connectivity index (χ3v) is 1.49. The topological polar surface area (TPSA) is 41.5 Å². The monoisotopic (exact) mass is 114 g/mol. The van der Waals surface area contributed by atoms with E-state index in [-0.39, 0.29) is 0 Å². The second-order valence-corrected chi connectivity index (χ2v) is 2.17. The SMILES string of the molecule is O=NCCC1CNC1. The predicted octanol–water partition coefficient (Wildman–Crippen LogP) is 0.362. The third-order valence-electron chi connectivity index (χ3n) is 1.49. The Balaban J connectivity index is 1.93. The van der Waals surface area contributed by atoms with Gasteiger partial charge in [0.1, 0.15) is 0 Å². The molecule has 46 valence electrons. The molecule has 0 spiro atoms. The molecule has 1 aliphatic rings. The Hall–Kier alpha value is -0.440. The molecule has 1 aliphatic heterocycles. The minimum absolute atomic E-state index is 0.492. The van der Waals surface area contributed by atoms with Crippen LogP contribution in [-0.2, 0) is 0 Å². The molecule has 0 aromatic heterocycles. The van der Waals surface area contributed by atoms with Crippen molar-refractivity contribution in [3.8, 4) is 0 Å². The molecular formula is C5H10N2O. The zero-order valence-corrected chi connectivity index (χ0v) is 4.76. The van der Waals surface area contributed by atoms with E-state index in [1.54, 1.807) is 0 Å². The molecule has 1 rings (SSSR count). The van der Waals surface area contributed by atoms with Crippen LogP contribution in [0.5, 0.6) is 0 Å². The van der Waals surface area contributed by atoms with Gasteiger partial charge in [-0.05, 0) is 25.4 Å². The molecule has 1 saturated heterocycles. The van der Waals surface area contributed by atoms with Gasteiger partial charge in [-0.3, -0.25) is 0 Å². The van der Waals surface area contributed by atoms with Gasteiger partial charge in [-0.2, -0.15) is 4.91 Å². The molecule has 0 amide bonds. The fourth-order valence-corrected chi connectivity index (χ4v) is 0.788. The molecule has 1 N–H and O–H groups in total. The lowest BCUT2D eigenvalue weighted by Crippen LogP contribution is -2.42. The van der Waals surface area contributed by atoms with E-state index in [9.17, 15) is 4.91 Å². The number of nitrogens with one attached hydrogen (secondary N) is 1. The van der Waals surface area contributed by atoms with Gasteiger partial charge in [0.2, 0.25) is 0 Å². The van der Waals surface area contributed by atoms with Crippen molar-refractivity contribution in [1.82, 2.24) is 5.32 Å². The lowest BCUT2D eigenvalue weighted by atomic mass is 10.00. The van der Waals surface area contributed by atoms with E-state index in [2.05, 4.69) is 10.5 Å². The van der Waals surface area contributed by atoms with Crippen LogP contribution < -0.4 is 5.32 Å². The highest BCUT2D eigenvalue weighted by Crippen LogP contribution is 2.06. The van der Waals surface area contributed by atoms with E-state index in [1.807, 2.05) is 0 Å². The maximum Gasteiger partial charge on any atom is 0.0814 e. The van der Waals surface area contributed by atoms with Crippen LogP contribution in [0.4, 0.5) is 0 Å². The van der Waals surface area contributed by atoms with Crippen molar-refractivity contribution in [2.24, 2.45) is 11.1 Å². The Bertz CT molecular complexity index is 80.5. The van der Waals surface area contributed by atoms with Crippen LogP contribution in [0.2, 0.25) is 0 Å². The van der Waals surface area contributed by atoms with Crippen LogP contribution in [0.25, 0.3) is 0 Å². The highest BCUT2D eigenvalue weighted by Gasteiger charge is 2.15. The standard InChI is InChI=1S/C5H10N2O/c8-7-2-1-5-3-6-4-5/h5-6H,1-4H2. The van der Waals surface area contributed by atoms with E-state index >= 15 is 0 Å². The second kappa shape index (κ2) is 2.77. The summed E-state index contributed by atoms with van der Waals surface area (Å²) in [5, 5.41) is 5.91. The van der Waals surface area contributed by atoms with Crippen LogP contribution in [0, 0.1) is 10.8 Å². The van der Waals surface area contributed by atoms with Gasteiger partial charge in [-0.1, -0.05) is 5.18 Å². The normalized spacial score (nSPS) is 20.0. The quantitative estimate of drug-likeness (QED) is 0.538. The predicted molar refractivity (Wildman–Crippen MR) is 31.6 cm³/mol. The Morgan fingerprint density at radius 2 is 2.38 bits per heavy atom. The average Bonchev–Trinajstić information content (AvgIpc) is 1.63. The van der Waals surface area contributed by atoms with Gasteiger partial charge in [0.25, 0.3) is 0 Å². The molecule has 0 saturated carbocycles. The van der Waals surface area contributed by atoms with Crippen molar-refractivity contribution >= 4 is 0 Å². The van der Waals surface area contributed by atoms with Crippen LogP contribution >= 0.6 is 0 Å². The van der Waals surface area contributed by atoms with Crippen molar-refractivity contribution in [2.45, 2.75) is 6.42 Å². The summed E-state index contributed by atoms with van der Waals surface area (Å²) < 4.78 is 0. The summed E-state index contributed by atoms with van der Waals surface area (Å²) in [6.07, 6.45) is 0.969. The summed E-state index contributed by atoms with van der Waals surface area (Å²) in [5.74, 6) is 0.729. The van der Waals surface area contributed by atoms with E-state index in [4.69, 9.17) is 0 Å². The van der Waals surface area contributed by atoms with Gasteiger partial charge in [0.05, 0.1) is 6.54 Å². The molecule has 8 heavy (non-hydrogen) atoms. The first kappa shape index (κ1) is 5.69. The maximum atomic E-state index is 9.58. The smallest absolute Gasteiger partial charge is 0.0814 e. The summed E-state index contributed by atoms with van der Waals surface area (Å²) in [5.41, 5.74) is 0. The molecule has 0 atom stereocenters. The molecule has 3 heteroatoms. The zero-order valence-electron chi connectivity index (χ0n) is 4.76. The summed E-state index contributed by atoms with van der Waals surface area (Å²) in [7, 11) is 0. The molecule has 0 radical (unpaired) electrons. The third kappa shape index (κ3) is 1.26. The van der Waals surface area contributed by atoms with Crippen LogP contribution in [-0.4, -0.2) is 19.6 Å². The van der Waals surface area contributed by atoms with Crippen molar-refractivity contribution in [3.63, 3.8) is 0 Å². The number of hydrogen-bond donors (Lipinski definition) is 1. The highest BCUT2D eigenvalue weighted by atomic mass is 16.3. The van der Waals surface area contributed by atoms with Crippen molar-refractivity contribution < 1.29 is 0 Å². The Morgan fingerprint density at radius 1 is 1.62 bits per heavy atom. The number of rotatable bonds is 3. The van der Waals surface area contributed by atoms with Crippen LogP contribution in [0.3, 0.4) is 0 Å². The molecule has 0 aromatic rings. The summed E-state index contributed by atoms with van der Waals surface area (Å²) in [6.45, 7) is 2.65. The lowest BCUT2D eigenvalue weighted by molar-refractivity contribution is 0.332. The van der Waals surface area contributed by atoms with Crippen molar-refractivity contribution in [3.05, 3.63) is 4.91 Å². The molecule has 0 aromatic carbocycles. The van der Waals surface area contributed by atoms with E-state index in [0.717, 1.165) is 25.4 Å². The van der Waals surface area contributed by atoms with Gasteiger partial charge in [-0.15, -0.1) is 0 Å². The minimum atomic E-state index is 0.492. The van der Waals surface area contributed by atoms with Gasteiger partial charge < -0.3 is 5.32 Å². The largest absolute Gasteiger partial charge is 0.316 e. The fourth-order valence-electron chi connectivity index (χ4n) is 0.788. The zero-order chi connectivity index (χ0) is 5.82. The van der Waals surface area contributed by atoms with Gasteiger partial charge in [0, 0.05) is 0 Å². The van der Waals surface area contributed by atoms with Crippen molar-refractivity contribution in [2.75, 3.05) is 19.6 Å². The molecule has 3 nitrogen and oxygen atoms in total. The fraction of sp³-hybridized carbons (Fsp3) is 1.00. The molecular weight excluding hydrogens is 104 g/mol. The Kier molecular flexibility index (Phi) is 1.97. The molecule has 1 fully saturated rings. The maximum absolute atomic E-state index is 9.58. The van der Waals surface area contributed by atoms with Crippen LogP contribution in [0.15, 0.2) is 5.18 Å². The van der Waals surface area contributed by atoms with E-state index < -0.39 is 0 Å². The first-order valence-corrected chi connectivity index (χ1v) is 2.93. The van der Waals surface area contributed by atoms with Gasteiger partial charge in [0.15, 0.2) is 0 Å². The molecule has 1 heterocycles. The molecule has 0 unspecified atom stereocenters. The molecule has 0 aliphatic carbocycles.